The van der Waals surface area contributed by atoms with E-state index in [2.05, 4.69) is 26.8 Å². The lowest BCUT2D eigenvalue weighted by Gasteiger charge is -2.35. The molecule has 7 heteroatoms. The molecule has 2 aromatic rings. The van der Waals surface area contributed by atoms with Crippen LogP contribution in [0.2, 0.25) is 0 Å². The van der Waals surface area contributed by atoms with E-state index in [1.165, 1.54) is 6.07 Å². The molecule has 1 aliphatic heterocycles. The minimum absolute atomic E-state index is 0.00793. The van der Waals surface area contributed by atoms with Gasteiger partial charge in [0.05, 0.1) is 12.6 Å². The standard InChI is InChI=1S/C15H20N4O2S/c1-9-6-13(20)18-14(16-9)11(3)19-4-5-21-12(7-19)15-17-10(2)8-22-15/h6,8,11-12H,4-5,7H2,1-3H3,(H,16,18,20)/t11-,12+/m0/s1. The van der Waals surface area contributed by atoms with Crippen LogP contribution in [0.15, 0.2) is 16.2 Å². The molecule has 6 nitrogen and oxygen atoms in total. The average Bonchev–Trinajstić information content (AvgIpc) is 2.92. The predicted octanol–water partition coefficient (Wildman–Crippen LogP) is 1.98. The van der Waals surface area contributed by atoms with Gasteiger partial charge >= 0.3 is 0 Å². The zero-order valence-corrected chi connectivity index (χ0v) is 13.8. The molecule has 0 spiro atoms. The number of morpholine rings is 1. The Morgan fingerprint density at radius 1 is 1.41 bits per heavy atom. The summed E-state index contributed by atoms with van der Waals surface area (Å²) in [4.78, 5) is 25.7. The van der Waals surface area contributed by atoms with E-state index in [4.69, 9.17) is 4.74 Å². The second-order valence-electron chi connectivity index (χ2n) is 5.63. The third kappa shape index (κ3) is 3.26. The predicted molar refractivity (Wildman–Crippen MR) is 85.1 cm³/mol. The summed E-state index contributed by atoms with van der Waals surface area (Å²) in [5.41, 5.74) is 1.67. The second-order valence-corrected chi connectivity index (χ2v) is 6.52. The van der Waals surface area contributed by atoms with Crippen LogP contribution < -0.4 is 5.56 Å². The third-order valence-corrected chi connectivity index (χ3v) is 4.90. The van der Waals surface area contributed by atoms with Gasteiger partial charge in [0.1, 0.15) is 16.9 Å². The normalized spacial score (nSPS) is 21.0. The van der Waals surface area contributed by atoms with Gasteiger partial charge in [0, 0.05) is 35.9 Å². The lowest BCUT2D eigenvalue weighted by atomic mass is 10.2. The molecule has 0 radical (unpaired) electrons. The minimum atomic E-state index is -0.102. The van der Waals surface area contributed by atoms with Gasteiger partial charge in [-0.2, -0.15) is 0 Å². The van der Waals surface area contributed by atoms with E-state index in [9.17, 15) is 4.79 Å². The van der Waals surface area contributed by atoms with Crippen molar-refractivity contribution >= 4 is 11.3 Å². The number of ether oxygens (including phenoxy) is 1. The summed E-state index contributed by atoms with van der Waals surface area (Å²) in [6.45, 7) is 8.12. The Balaban J connectivity index is 1.77. The molecule has 2 aromatic heterocycles. The molecule has 3 rings (SSSR count). The molecule has 2 atom stereocenters. The number of nitrogens with one attached hydrogen (secondary N) is 1. The number of aromatic nitrogens is 3. The molecule has 1 N–H and O–H groups in total. The Bertz CT molecular complexity index is 712. The van der Waals surface area contributed by atoms with Gasteiger partial charge in [-0.3, -0.25) is 9.69 Å². The van der Waals surface area contributed by atoms with E-state index < -0.39 is 0 Å². The van der Waals surface area contributed by atoms with Crippen molar-refractivity contribution in [2.24, 2.45) is 0 Å². The van der Waals surface area contributed by atoms with Crippen LogP contribution in [-0.2, 0) is 4.74 Å². The van der Waals surface area contributed by atoms with Crippen molar-refractivity contribution in [2.45, 2.75) is 32.9 Å². The van der Waals surface area contributed by atoms with E-state index in [0.29, 0.717) is 12.4 Å². The van der Waals surface area contributed by atoms with Gasteiger partial charge in [0.2, 0.25) is 0 Å². The zero-order valence-electron chi connectivity index (χ0n) is 13.0. The highest BCUT2D eigenvalue weighted by Crippen LogP contribution is 2.28. The Hall–Kier alpha value is -1.57. The number of thiazole rings is 1. The molecule has 0 amide bonds. The van der Waals surface area contributed by atoms with Crippen molar-refractivity contribution in [1.29, 1.82) is 0 Å². The van der Waals surface area contributed by atoms with Crippen molar-refractivity contribution in [3.8, 4) is 0 Å². The molecular formula is C15H20N4O2S. The fraction of sp³-hybridized carbons (Fsp3) is 0.533. The van der Waals surface area contributed by atoms with E-state index in [0.717, 1.165) is 29.5 Å². The van der Waals surface area contributed by atoms with Crippen LogP contribution in [0.25, 0.3) is 0 Å². The molecule has 0 saturated carbocycles. The third-order valence-electron chi connectivity index (χ3n) is 3.84. The highest BCUT2D eigenvalue weighted by Gasteiger charge is 2.28. The number of aryl methyl sites for hydroxylation is 2. The number of hydrogen-bond donors (Lipinski definition) is 1. The van der Waals surface area contributed by atoms with Gasteiger partial charge in [-0.25, -0.2) is 9.97 Å². The van der Waals surface area contributed by atoms with Crippen LogP contribution in [-0.4, -0.2) is 39.5 Å². The Morgan fingerprint density at radius 3 is 2.91 bits per heavy atom. The molecule has 22 heavy (non-hydrogen) atoms. The first-order chi connectivity index (χ1) is 10.5. The highest BCUT2D eigenvalue weighted by molar-refractivity contribution is 7.09. The Morgan fingerprint density at radius 2 is 2.23 bits per heavy atom. The number of nitrogens with zero attached hydrogens (tertiary/aromatic N) is 3. The molecule has 1 fully saturated rings. The van der Waals surface area contributed by atoms with Crippen LogP contribution in [0.5, 0.6) is 0 Å². The van der Waals surface area contributed by atoms with E-state index in [1.807, 2.05) is 19.2 Å². The molecule has 1 saturated heterocycles. The maximum atomic E-state index is 11.6. The summed E-state index contributed by atoms with van der Waals surface area (Å²) >= 11 is 1.63. The largest absolute Gasteiger partial charge is 0.368 e. The fourth-order valence-corrected chi connectivity index (χ4v) is 3.50. The molecule has 0 unspecified atom stereocenters. The quantitative estimate of drug-likeness (QED) is 0.936. The number of rotatable bonds is 3. The first kappa shape index (κ1) is 15.3. The monoisotopic (exact) mass is 320 g/mol. The molecule has 0 aromatic carbocycles. The maximum Gasteiger partial charge on any atom is 0.251 e. The van der Waals surface area contributed by atoms with Gasteiger partial charge < -0.3 is 9.72 Å². The first-order valence-electron chi connectivity index (χ1n) is 7.38. The van der Waals surface area contributed by atoms with Crippen molar-refractivity contribution in [2.75, 3.05) is 19.7 Å². The number of aromatic amines is 1. The molecule has 0 aliphatic carbocycles. The van der Waals surface area contributed by atoms with Gasteiger partial charge in [-0.05, 0) is 20.8 Å². The van der Waals surface area contributed by atoms with Crippen LogP contribution in [0.1, 0.15) is 41.3 Å². The van der Waals surface area contributed by atoms with Crippen molar-refractivity contribution in [3.05, 3.63) is 44.0 Å². The lowest BCUT2D eigenvalue weighted by molar-refractivity contribution is -0.0443. The molecular weight excluding hydrogens is 300 g/mol. The van der Waals surface area contributed by atoms with Gasteiger partial charge in [-0.1, -0.05) is 0 Å². The topological polar surface area (TPSA) is 71.1 Å². The van der Waals surface area contributed by atoms with Crippen LogP contribution in [0, 0.1) is 13.8 Å². The van der Waals surface area contributed by atoms with Gasteiger partial charge in [-0.15, -0.1) is 11.3 Å². The summed E-state index contributed by atoms with van der Waals surface area (Å²) < 4.78 is 5.85. The van der Waals surface area contributed by atoms with Crippen LogP contribution in [0.3, 0.4) is 0 Å². The molecule has 3 heterocycles. The van der Waals surface area contributed by atoms with Gasteiger partial charge in [0.25, 0.3) is 5.56 Å². The lowest BCUT2D eigenvalue weighted by Crippen LogP contribution is -2.40. The molecule has 118 valence electrons. The second kappa shape index (κ2) is 6.28. The highest BCUT2D eigenvalue weighted by atomic mass is 32.1. The molecule has 0 bridgehead atoms. The zero-order chi connectivity index (χ0) is 15.7. The summed E-state index contributed by atoms with van der Waals surface area (Å²) in [5, 5.41) is 3.06. The van der Waals surface area contributed by atoms with Crippen LogP contribution >= 0.6 is 11.3 Å². The average molecular weight is 320 g/mol. The Labute approximate surface area is 133 Å². The minimum Gasteiger partial charge on any atom is -0.368 e. The fourth-order valence-electron chi connectivity index (χ4n) is 2.66. The maximum absolute atomic E-state index is 11.6. The van der Waals surface area contributed by atoms with E-state index in [-0.39, 0.29) is 17.7 Å². The van der Waals surface area contributed by atoms with Crippen molar-refractivity contribution < 1.29 is 4.74 Å². The van der Waals surface area contributed by atoms with Crippen molar-refractivity contribution in [3.63, 3.8) is 0 Å². The SMILES string of the molecule is Cc1cc(=O)[nH]c([C@H](C)N2CCO[C@@H](c3nc(C)cs3)C2)n1. The number of hydrogen-bond acceptors (Lipinski definition) is 6. The van der Waals surface area contributed by atoms with Crippen LogP contribution in [0.4, 0.5) is 0 Å². The molecule has 1 aliphatic rings. The van der Waals surface area contributed by atoms with Gasteiger partial charge in [0.15, 0.2) is 0 Å². The Kier molecular flexibility index (Phi) is 4.37. The first-order valence-corrected chi connectivity index (χ1v) is 8.26. The van der Waals surface area contributed by atoms with Crippen molar-refractivity contribution in [1.82, 2.24) is 19.9 Å². The smallest absolute Gasteiger partial charge is 0.251 e. The summed E-state index contributed by atoms with van der Waals surface area (Å²) in [7, 11) is 0. The summed E-state index contributed by atoms with van der Waals surface area (Å²) in [5.74, 6) is 0.709. The summed E-state index contributed by atoms with van der Waals surface area (Å²) in [6.07, 6.45) is -0.00793. The van der Waals surface area contributed by atoms with E-state index >= 15 is 0 Å². The summed E-state index contributed by atoms with van der Waals surface area (Å²) in [6, 6.07) is 1.55. The number of H-pyrrole nitrogens is 1. The van der Waals surface area contributed by atoms with E-state index in [1.54, 1.807) is 11.3 Å².